The lowest BCUT2D eigenvalue weighted by Gasteiger charge is -2.24. The van der Waals surface area contributed by atoms with E-state index in [1.54, 1.807) is 24.3 Å². The number of hydrogen-bond donors (Lipinski definition) is 1. The van der Waals surface area contributed by atoms with E-state index in [0.29, 0.717) is 5.69 Å². The van der Waals surface area contributed by atoms with Gasteiger partial charge in [-0.25, -0.2) is 4.79 Å². The Morgan fingerprint density at radius 2 is 1.86 bits per heavy atom. The van der Waals surface area contributed by atoms with Crippen LogP contribution in [0.25, 0.3) is 0 Å². The molecule has 0 aliphatic heterocycles. The van der Waals surface area contributed by atoms with Gasteiger partial charge in [0.05, 0.1) is 18.4 Å². The number of anilines is 1. The highest BCUT2D eigenvalue weighted by molar-refractivity contribution is 6.02. The molecule has 0 saturated carbocycles. The summed E-state index contributed by atoms with van der Waals surface area (Å²) in [7, 11) is 1.27. The van der Waals surface area contributed by atoms with Crippen LogP contribution in [0, 0.1) is 0 Å². The Kier molecular flexibility index (Phi) is 5.90. The Balaban J connectivity index is 2.84. The van der Waals surface area contributed by atoms with Crippen LogP contribution < -0.4 is 5.32 Å². The number of nitrogens with zero attached hydrogens (tertiary/aromatic N) is 1. The van der Waals surface area contributed by atoms with Gasteiger partial charge in [-0.15, -0.1) is 0 Å². The molecule has 0 radical (unpaired) electrons. The van der Waals surface area contributed by atoms with Crippen LogP contribution in [-0.2, 0) is 14.3 Å². The molecule has 1 rings (SSSR count). The third kappa shape index (κ3) is 4.59. The van der Waals surface area contributed by atoms with Crippen LogP contribution >= 0.6 is 0 Å². The van der Waals surface area contributed by atoms with Crippen molar-refractivity contribution in [2.24, 2.45) is 0 Å². The normalized spacial score (nSPS) is 10.1. The molecule has 0 saturated heterocycles. The monoisotopic (exact) mass is 292 g/mol. The van der Waals surface area contributed by atoms with E-state index in [-0.39, 0.29) is 30.0 Å². The van der Waals surface area contributed by atoms with Gasteiger partial charge in [-0.2, -0.15) is 0 Å². The van der Waals surface area contributed by atoms with Crippen LogP contribution in [0.2, 0.25) is 0 Å². The van der Waals surface area contributed by atoms with Crippen molar-refractivity contribution < 1.29 is 19.1 Å². The molecule has 0 aliphatic carbocycles. The van der Waals surface area contributed by atoms with E-state index in [4.69, 9.17) is 0 Å². The highest BCUT2D eigenvalue weighted by atomic mass is 16.5. The molecule has 6 nitrogen and oxygen atoms in total. The first-order valence-corrected chi connectivity index (χ1v) is 6.61. The number of para-hydroxylation sites is 1. The van der Waals surface area contributed by atoms with E-state index in [1.165, 1.54) is 18.9 Å². The zero-order chi connectivity index (χ0) is 16.0. The number of hydrogen-bond acceptors (Lipinski definition) is 4. The maximum atomic E-state index is 12.0. The Labute approximate surface area is 124 Å². The molecular formula is C15H20N2O4. The maximum absolute atomic E-state index is 12.0. The summed E-state index contributed by atoms with van der Waals surface area (Å²) in [5, 5.41) is 2.63. The fraction of sp³-hybridized carbons (Fsp3) is 0.400. The van der Waals surface area contributed by atoms with Gasteiger partial charge in [-0.1, -0.05) is 12.1 Å². The van der Waals surface area contributed by atoms with Gasteiger partial charge in [0, 0.05) is 13.0 Å². The van der Waals surface area contributed by atoms with Gasteiger partial charge in [0.25, 0.3) is 0 Å². The van der Waals surface area contributed by atoms with Crippen molar-refractivity contribution in [2.45, 2.75) is 26.8 Å². The minimum Gasteiger partial charge on any atom is -0.465 e. The number of amides is 2. The molecule has 0 spiro atoms. The molecule has 2 amide bonds. The van der Waals surface area contributed by atoms with Crippen molar-refractivity contribution in [2.75, 3.05) is 19.0 Å². The first-order chi connectivity index (χ1) is 9.86. The summed E-state index contributed by atoms with van der Waals surface area (Å²) in [6.45, 7) is 5.01. The number of carbonyl (C=O) groups excluding carboxylic acids is 3. The van der Waals surface area contributed by atoms with E-state index in [0.717, 1.165) is 0 Å². The van der Waals surface area contributed by atoms with E-state index in [9.17, 15) is 14.4 Å². The second-order valence-electron chi connectivity index (χ2n) is 4.83. The second kappa shape index (κ2) is 7.42. The molecule has 1 aromatic rings. The van der Waals surface area contributed by atoms with Crippen LogP contribution in [0.5, 0.6) is 0 Å². The van der Waals surface area contributed by atoms with Crippen LogP contribution in [0.4, 0.5) is 5.69 Å². The average Bonchev–Trinajstić information content (AvgIpc) is 2.43. The molecular weight excluding hydrogens is 272 g/mol. The van der Waals surface area contributed by atoms with Crippen molar-refractivity contribution in [1.82, 2.24) is 4.90 Å². The SMILES string of the molecule is COC(=O)c1ccccc1NC(=O)CN(C(C)=O)C(C)C. The number of nitrogens with one attached hydrogen (secondary N) is 1. The summed E-state index contributed by atoms with van der Waals surface area (Å²) in [6, 6.07) is 6.47. The molecule has 0 aliphatic rings. The predicted molar refractivity (Wildman–Crippen MR) is 78.9 cm³/mol. The van der Waals surface area contributed by atoms with Crippen molar-refractivity contribution >= 4 is 23.5 Å². The van der Waals surface area contributed by atoms with Crippen LogP contribution in [-0.4, -0.2) is 42.4 Å². The standard InChI is InChI=1S/C15H20N2O4/c1-10(2)17(11(3)18)9-14(19)16-13-8-6-5-7-12(13)15(20)21-4/h5-8,10H,9H2,1-4H3,(H,16,19). The minimum absolute atomic E-state index is 0.0670. The Morgan fingerprint density at radius 3 is 2.38 bits per heavy atom. The first-order valence-electron chi connectivity index (χ1n) is 6.61. The number of methoxy groups -OCH3 is 1. The van der Waals surface area contributed by atoms with Crippen molar-refractivity contribution in [3.63, 3.8) is 0 Å². The lowest BCUT2D eigenvalue weighted by Crippen LogP contribution is -2.41. The molecule has 0 fully saturated rings. The molecule has 0 bridgehead atoms. The maximum Gasteiger partial charge on any atom is 0.339 e. The van der Waals surface area contributed by atoms with Crippen molar-refractivity contribution in [3.8, 4) is 0 Å². The van der Waals surface area contributed by atoms with E-state index in [2.05, 4.69) is 10.1 Å². The molecule has 0 heterocycles. The second-order valence-corrected chi connectivity index (χ2v) is 4.83. The quantitative estimate of drug-likeness (QED) is 0.838. The van der Waals surface area contributed by atoms with Crippen LogP contribution in [0.1, 0.15) is 31.1 Å². The largest absolute Gasteiger partial charge is 0.465 e. The summed E-state index contributed by atoms with van der Waals surface area (Å²) in [6.07, 6.45) is 0. The van der Waals surface area contributed by atoms with Crippen LogP contribution in [0.3, 0.4) is 0 Å². The third-order valence-corrected chi connectivity index (χ3v) is 2.95. The Morgan fingerprint density at radius 1 is 1.24 bits per heavy atom. The Bertz CT molecular complexity index is 540. The fourth-order valence-corrected chi connectivity index (χ4v) is 1.88. The van der Waals surface area contributed by atoms with Gasteiger partial charge >= 0.3 is 5.97 Å². The number of carbonyl (C=O) groups is 3. The number of ether oxygens (including phenoxy) is 1. The zero-order valence-electron chi connectivity index (χ0n) is 12.7. The van der Waals surface area contributed by atoms with Gasteiger partial charge < -0.3 is 15.0 Å². The zero-order valence-corrected chi connectivity index (χ0v) is 12.7. The molecule has 1 aromatic carbocycles. The predicted octanol–water partition coefficient (Wildman–Crippen LogP) is 1.67. The number of esters is 1. The van der Waals surface area contributed by atoms with E-state index < -0.39 is 5.97 Å². The number of rotatable bonds is 5. The summed E-state index contributed by atoms with van der Waals surface area (Å²) in [5.41, 5.74) is 0.633. The highest BCUT2D eigenvalue weighted by Gasteiger charge is 2.18. The lowest BCUT2D eigenvalue weighted by molar-refractivity contribution is -0.134. The van der Waals surface area contributed by atoms with Crippen LogP contribution in [0.15, 0.2) is 24.3 Å². The van der Waals surface area contributed by atoms with E-state index in [1.807, 2.05) is 13.8 Å². The van der Waals surface area contributed by atoms with Gasteiger partial charge in [0.1, 0.15) is 6.54 Å². The minimum atomic E-state index is -0.529. The average molecular weight is 292 g/mol. The summed E-state index contributed by atoms with van der Waals surface area (Å²) in [5.74, 6) is -1.07. The third-order valence-electron chi connectivity index (χ3n) is 2.95. The molecule has 0 aromatic heterocycles. The topological polar surface area (TPSA) is 75.7 Å². The Hall–Kier alpha value is -2.37. The smallest absolute Gasteiger partial charge is 0.339 e. The van der Waals surface area contributed by atoms with Gasteiger partial charge in [-0.05, 0) is 26.0 Å². The van der Waals surface area contributed by atoms with Gasteiger partial charge in [-0.3, -0.25) is 9.59 Å². The fourth-order valence-electron chi connectivity index (χ4n) is 1.88. The van der Waals surface area contributed by atoms with Crippen molar-refractivity contribution in [3.05, 3.63) is 29.8 Å². The molecule has 0 unspecified atom stereocenters. The molecule has 21 heavy (non-hydrogen) atoms. The van der Waals surface area contributed by atoms with Gasteiger partial charge in [0.15, 0.2) is 0 Å². The first kappa shape index (κ1) is 16.7. The molecule has 0 atom stereocenters. The molecule has 114 valence electrons. The summed E-state index contributed by atoms with van der Waals surface area (Å²) >= 11 is 0. The molecule has 6 heteroatoms. The summed E-state index contributed by atoms with van der Waals surface area (Å²) in [4.78, 5) is 36.6. The summed E-state index contributed by atoms with van der Waals surface area (Å²) < 4.78 is 4.66. The van der Waals surface area contributed by atoms with Crippen molar-refractivity contribution in [1.29, 1.82) is 0 Å². The highest BCUT2D eigenvalue weighted by Crippen LogP contribution is 2.16. The number of benzene rings is 1. The molecule has 1 N–H and O–H groups in total. The lowest BCUT2D eigenvalue weighted by atomic mass is 10.2. The van der Waals surface area contributed by atoms with E-state index >= 15 is 0 Å². The van der Waals surface area contributed by atoms with Gasteiger partial charge in [0.2, 0.25) is 11.8 Å².